The van der Waals surface area contributed by atoms with Crippen LogP contribution < -0.4 is 5.84 Å². The molecule has 0 saturated heterocycles. The van der Waals surface area contributed by atoms with Crippen LogP contribution in [0.5, 0.6) is 5.75 Å². The smallest absolute Gasteiger partial charge is 0.270 e. The third-order valence-electron chi connectivity index (χ3n) is 4.93. The Kier molecular flexibility index (Phi) is 5.59. The number of phenols is 1. The molecule has 0 spiro atoms. The van der Waals surface area contributed by atoms with E-state index in [1.54, 1.807) is 0 Å². The van der Waals surface area contributed by atoms with Crippen LogP contribution in [0.4, 0.5) is 5.69 Å². The van der Waals surface area contributed by atoms with Crippen molar-refractivity contribution in [2.45, 2.75) is 6.92 Å². The number of nitrogens with two attached hydrogens (primary N) is 1. The summed E-state index contributed by atoms with van der Waals surface area (Å²) < 4.78 is 0. The molecule has 0 amide bonds. The molecule has 0 aliphatic rings. The van der Waals surface area contributed by atoms with E-state index in [9.17, 15) is 15.2 Å². The quantitative estimate of drug-likeness (QED) is 0.210. The van der Waals surface area contributed by atoms with Gasteiger partial charge in [0.25, 0.3) is 5.69 Å². The molecule has 1 heterocycles. The number of nitro groups is 1. The van der Waals surface area contributed by atoms with Crippen LogP contribution in [0.15, 0.2) is 84.0 Å². The SMILES string of the molecule is Cc1ccc(-c2cc(-c3ccccc3)nc(/C(=N/N)c3cc([N+](=O)[O-])ccc3O)n2)cc1. The van der Waals surface area contributed by atoms with E-state index in [1.807, 2.05) is 67.6 Å². The molecule has 0 atom stereocenters. The molecule has 0 fully saturated rings. The van der Waals surface area contributed by atoms with Crippen LogP contribution in [0.2, 0.25) is 0 Å². The molecule has 0 bridgehead atoms. The van der Waals surface area contributed by atoms with E-state index in [4.69, 9.17) is 5.84 Å². The minimum atomic E-state index is -0.559. The first kappa shape index (κ1) is 20.7. The average molecular weight is 425 g/mol. The normalized spacial score (nSPS) is 11.3. The number of non-ortho nitro benzene ring substituents is 1. The van der Waals surface area contributed by atoms with Gasteiger partial charge in [-0.3, -0.25) is 10.1 Å². The number of phenolic OH excluding ortho intramolecular Hbond substituents is 1. The van der Waals surface area contributed by atoms with Crippen LogP contribution in [0, 0.1) is 17.0 Å². The highest BCUT2D eigenvalue weighted by molar-refractivity contribution is 6.12. The molecule has 4 rings (SSSR count). The lowest BCUT2D eigenvalue weighted by atomic mass is 10.0. The number of hydrogen-bond acceptors (Lipinski definition) is 7. The van der Waals surface area contributed by atoms with Crippen molar-refractivity contribution in [2.24, 2.45) is 10.9 Å². The molecule has 0 aliphatic carbocycles. The first-order valence-corrected chi connectivity index (χ1v) is 9.74. The summed E-state index contributed by atoms with van der Waals surface area (Å²) in [5.74, 6) is 5.58. The Bertz CT molecular complexity index is 1320. The zero-order valence-corrected chi connectivity index (χ0v) is 17.1. The Hall–Kier alpha value is -4.59. The van der Waals surface area contributed by atoms with Crippen LogP contribution in [0.25, 0.3) is 22.5 Å². The summed E-state index contributed by atoms with van der Waals surface area (Å²) in [6.07, 6.45) is 0. The van der Waals surface area contributed by atoms with Crippen molar-refractivity contribution in [1.82, 2.24) is 9.97 Å². The van der Waals surface area contributed by atoms with Crippen molar-refractivity contribution < 1.29 is 10.0 Å². The highest BCUT2D eigenvalue weighted by atomic mass is 16.6. The van der Waals surface area contributed by atoms with E-state index in [-0.39, 0.29) is 28.5 Å². The number of aromatic nitrogens is 2. The molecular formula is C24H19N5O3. The van der Waals surface area contributed by atoms with Gasteiger partial charge in [0.1, 0.15) is 11.5 Å². The summed E-state index contributed by atoms with van der Waals surface area (Å²) in [6.45, 7) is 1.99. The van der Waals surface area contributed by atoms with Gasteiger partial charge < -0.3 is 10.9 Å². The lowest BCUT2D eigenvalue weighted by Crippen LogP contribution is -2.13. The van der Waals surface area contributed by atoms with E-state index in [0.717, 1.165) is 16.7 Å². The van der Waals surface area contributed by atoms with Crippen LogP contribution in [0.1, 0.15) is 17.0 Å². The van der Waals surface area contributed by atoms with Gasteiger partial charge >= 0.3 is 0 Å². The molecule has 0 aliphatic heterocycles. The molecule has 0 saturated carbocycles. The predicted molar refractivity (Wildman–Crippen MR) is 122 cm³/mol. The molecular weight excluding hydrogens is 406 g/mol. The standard InChI is InChI=1S/C24H19N5O3/c1-15-7-9-17(10-8-15)21-14-20(16-5-3-2-4-6-16)26-24(27-21)23(28-25)19-13-18(29(31)32)11-12-22(19)30/h2-14,30H,25H2,1H3/b28-23+. The second kappa shape index (κ2) is 8.65. The maximum atomic E-state index is 11.2. The van der Waals surface area contributed by atoms with Crippen molar-refractivity contribution in [1.29, 1.82) is 0 Å². The summed E-state index contributed by atoms with van der Waals surface area (Å²) >= 11 is 0. The molecule has 8 nitrogen and oxygen atoms in total. The minimum Gasteiger partial charge on any atom is -0.507 e. The van der Waals surface area contributed by atoms with Gasteiger partial charge in [-0.25, -0.2) is 9.97 Å². The largest absolute Gasteiger partial charge is 0.507 e. The van der Waals surface area contributed by atoms with E-state index in [1.165, 1.54) is 18.2 Å². The molecule has 3 aromatic carbocycles. The topological polar surface area (TPSA) is 128 Å². The van der Waals surface area contributed by atoms with Crippen LogP contribution in [-0.4, -0.2) is 25.7 Å². The number of hydrogen-bond donors (Lipinski definition) is 2. The third kappa shape index (κ3) is 4.15. The fraction of sp³-hybridized carbons (Fsp3) is 0.0417. The van der Waals surface area contributed by atoms with Gasteiger partial charge in [-0.15, -0.1) is 0 Å². The highest BCUT2D eigenvalue weighted by Crippen LogP contribution is 2.28. The molecule has 32 heavy (non-hydrogen) atoms. The number of nitrogens with zero attached hydrogens (tertiary/aromatic N) is 4. The summed E-state index contributed by atoms with van der Waals surface area (Å²) in [7, 11) is 0. The zero-order valence-electron chi connectivity index (χ0n) is 17.1. The van der Waals surface area contributed by atoms with Gasteiger partial charge in [0.2, 0.25) is 0 Å². The Morgan fingerprint density at radius 3 is 2.16 bits per heavy atom. The Morgan fingerprint density at radius 2 is 1.56 bits per heavy atom. The first-order valence-electron chi connectivity index (χ1n) is 9.74. The summed E-state index contributed by atoms with van der Waals surface area (Å²) in [4.78, 5) is 19.9. The number of aromatic hydroxyl groups is 1. The number of rotatable bonds is 5. The number of benzene rings is 3. The van der Waals surface area contributed by atoms with E-state index < -0.39 is 4.92 Å². The van der Waals surface area contributed by atoms with Gasteiger partial charge in [-0.05, 0) is 19.1 Å². The first-order chi connectivity index (χ1) is 15.5. The summed E-state index contributed by atoms with van der Waals surface area (Å²) in [5.41, 5.74) is 3.96. The number of nitro benzene ring substituents is 1. The molecule has 8 heteroatoms. The molecule has 3 N–H and O–H groups in total. The van der Waals surface area contributed by atoms with E-state index in [0.29, 0.717) is 11.4 Å². The molecule has 1 aromatic heterocycles. The number of aryl methyl sites for hydroxylation is 1. The summed E-state index contributed by atoms with van der Waals surface area (Å²) in [6, 6.07) is 22.8. The zero-order chi connectivity index (χ0) is 22.7. The van der Waals surface area contributed by atoms with Gasteiger partial charge in [-0.2, -0.15) is 5.10 Å². The van der Waals surface area contributed by atoms with Gasteiger partial charge in [0.05, 0.1) is 21.9 Å². The lowest BCUT2D eigenvalue weighted by Gasteiger charge is -2.11. The average Bonchev–Trinajstić information content (AvgIpc) is 2.81. The van der Waals surface area contributed by atoms with Crippen molar-refractivity contribution in [2.75, 3.05) is 0 Å². The minimum absolute atomic E-state index is 0.0392. The summed E-state index contributed by atoms with van der Waals surface area (Å²) in [5, 5.41) is 25.4. The van der Waals surface area contributed by atoms with Crippen LogP contribution >= 0.6 is 0 Å². The van der Waals surface area contributed by atoms with Gasteiger partial charge in [-0.1, -0.05) is 60.2 Å². The van der Waals surface area contributed by atoms with Crippen molar-refractivity contribution in [3.63, 3.8) is 0 Å². The predicted octanol–water partition coefficient (Wildman–Crippen LogP) is 4.44. The van der Waals surface area contributed by atoms with Crippen LogP contribution in [0.3, 0.4) is 0 Å². The maximum Gasteiger partial charge on any atom is 0.270 e. The molecule has 0 radical (unpaired) electrons. The fourth-order valence-corrected chi connectivity index (χ4v) is 3.26. The lowest BCUT2D eigenvalue weighted by molar-refractivity contribution is -0.384. The molecule has 4 aromatic rings. The maximum absolute atomic E-state index is 11.2. The second-order valence-electron chi connectivity index (χ2n) is 7.13. The van der Waals surface area contributed by atoms with Crippen molar-refractivity contribution in [3.05, 3.63) is 106 Å². The third-order valence-corrected chi connectivity index (χ3v) is 4.93. The van der Waals surface area contributed by atoms with Gasteiger partial charge in [0, 0.05) is 23.3 Å². The monoisotopic (exact) mass is 425 g/mol. The van der Waals surface area contributed by atoms with Gasteiger partial charge in [0.15, 0.2) is 5.82 Å². The second-order valence-corrected chi connectivity index (χ2v) is 7.13. The Labute approximate surface area is 183 Å². The molecule has 158 valence electrons. The fourth-order valence-electron chi connectivity index (χ4n) is 3.26. The van der Waals surface area contributed by atoms with Crippen LogP contribution in [-0.2, 0) is 0 Å². The highest BCUT2D eigenvalue weighted by Gasteiger charge is 2.20. The van der Waals surface area contributed by atoms with E-state index in [2.05, 4.69) is 15.1 Å². The van der Waals surface area contributed by atoms with Crippen molar-refractivity contribution >= 4 is 11.4 Å². The molecule has 0 unspecified atom stereocenters. The Balaban J connectivity index is 1.93. The van der Waals surface area contributed by atoms with E-state index >= 15 is 0 Å². The number of hydrazone groups is 1. The van der Waals surface area contributed by atoms with Crippen molar-refractivity contribution in [3.8, 4) is 28.3 Å². The Morgan fingerprint density at radius 1 is 0.938 bits per heavy atom.